The number of hydrogen-bond acceptors (Lipinski definition) is 5. The van der Waals surface area contributed by atoms with Gasteiger partial charge in [0.2, 0.25) is 0 Å². The van der Waals surface area contributed by atoms with E-state index in [1.165, 1.54) is 30.5 Å². The number of hydrogen-bond donors (Lipinski definition) is 3. The molecule has 0 radical (unpaired) electrons. The van der Waals surface area contributed by atoms with Gasteiger partial charge in [-0.3, -0.25) is 14.4 Å². The van der Waals surface area contributed by atoms with Gasteiger partial charge in [0.15, 0.2) is 0 Å². The molecule has 0 unspecified atom stereocenters. The van der Waals surface area contributed by atoms with Crippen molar-refractivity contribution in [2.45, 2.75) is 0 Å². The number of hydrazone groups is 1. The van der Waals surface area contributed by atoms with Crippen LogP contribution in [0.25, 0.3) is 16.9 Å². The lowest BCUT2D eigenvalue weighted by molar-refractivity contribution is -0.136. The number of aromatic nitrogens is 2. The first-order chi connectivity index (χ1) is 20.4. The van der Waals surface area contributed by atoms with Crippen LogP contribution < -0.4 is 16.1 Å². The number of halogens is 2. The van der Waals surface area contributed by atoms with Crippen LogP contribution in [-0.2, 0) is 9.59 Å². The van der Waals surface area contributed by atoms with E-state index in [1.54, 1.807) is 59.4 Å². The lowest BCUT2D eigenvalue weighted by Gasteiger charge is -2.11. The van der Waals surface area contributed by atoms with Crippen molar-refractivity contribution in [2.24, 2.45) is 5.10 Å². The Bertz CT molecular complexity index is 1770. The lowest BCUT2D eigenvalue weighted by Crippen LogP contribution is -2.33. The van der Waals surface area contributed by atoms with Crippen LogP contribution in [0.1, 0.15) is 15.9 Å². The van der Waals surface area contributed by atoms with Crippen molar-refractivity contribution in [1.82, 2.24) is 15.2 Å². The third-order valence-corrected chi connectivity index (χ3v) is 6.51. The Morgan fingerprint density at radius 2 is 1.50 bits per heavy atom. The minimum Gasteiger partial charge on any atom is -0.322 e. The number of benzene rings is 4. The topological polar surface area (TPSA) is 117 Å². The second-order valence-electron chi connectivity index (χ2n) is 8.88. The van der Waals surface area contributed by atoms with E-state index in [-0.39, 0.29) is 17.1 Å². The molecule has 4 aromatic carbocycles. The highest BCUT2D eigenvalue weighted by Gasteiger charge is 2.18. The summed E-state index contributed by atoms with van der Waals surface area (Å²) < 4.78 is 16.0. The quantitative estimate of drug-likeness (QED) is 0.121. The smallest absolute Gasteiger partial charge is 0.322 e. The van der Waals surface area contributed by atoms with Gasteiger partial charge in [0, 0.05) is 27.5 Å². The highest BCUT2D eigenvalue weighted by Crippen LogP contribution is 2.23. The summed E-state index contributed by atoms with van der Waals surface area (Å²) in [6, 6.07) is 28.5. The number of rotatable bonds is 7. The number of amides is 3. The normalized spacial score (nSPS) is 10.8. The number of nitrogens with one attached hydrogen (secondary N) is 3. The maximum Gasteiger partial charge on any atom is 0.329 e. The molecule has 42 heavy (non-hydrogen) atoms. The summed E-state index contributed by atoms with van der Waals surface area (Å²) in [6.07, 6.45) is 3.04. The molecule has 0 saturated carbocycles. The molecule has 208 valence electrons. The molecule has 0 aliphatic carbocycles. The van der Waals surface area contributed by atoms with E-state index < -0.39 is 17.7 Å². The van der Waals surface area contributed by atoms with Gasteiger partial charge >= 0.3 is 11.8 Å². The van der Waals surface area contributed by atoms with Crippen molar-refractivity contribution in [3.8, 4) is 16.9 Å². The highest BCUT2D eigenvalue weighted by molar-refractivity contribution is 9.10. The summed E-state index contributed by atoms with van der Waals surface area (Å²) in [5.74, 6) is -2.92. The Balaban J connectivity index is 1.29. The summed E-state index contributed by atoms with van der Waals surface area (Å²) in [7, 11) is 0. The summed E-state index contributed by atoms with van der Waals surface area (Å²) >= 11 is 3.34. The largest absolute Gasteiger partial charge is 0.329 e. The van der Waals surface area contributed by atoms with E-state index >= 15 is 0 Å². The van der Waals surface area contributed by atoms with Crippen LogP contribution in [0.2, 0.25) is 0 Å². The van der Waals surface area contributed by atoms with Crippen molar-refractivity contribution in [3.63, 3.8) is 0 Å². The Labute approximate surface area is 248 Å². The Kier molecular flexibility index (Phi) is 8.59. The van der Waals surface area contributed by atoms with Crippen molar-refractivity contribution in [3.05, 3.63) is 131 Å². The minimum atomic E-state index is -1.05. The Morgan fingerprint density at radius 1 is 0.810 bits per heavy atom. The highest BCUT2D eigenvalue weighted by atomic mass is 79.9. The Hall–Kier alpha value is -5.42. The summed E-state index contributed by atoms with van der Waals surface area (Å²) in [5.41, 5.74) is 5.51. The monoisotopic (exact) mass is 624 g/mol. The minimum absolute atomic E-state index is 0.152. The molecule has 9 nitrogen and oxygen atoms in total. The first-order valence-corrected chi connectivity index (χ1v) is 13.4. The van der Waals surface area contributed by atoms with E-state index in [1.807, 2.05) is 30.3 Å². The molecule has 11 heteroatoms. The number of anilines is 2. The number of carbonyl (C=O) groups is 3. The predicted octanol–water partition coefficient (Wildman–Crippen LogP) is 5.78. The van der Waals surface area contributed by atoms with Gasteiger partial charge in [-0.25, -0.2) is 14.5 Å². The summed E-state index contributed by atoms with van der Waals surface area (Å²) in [5, 5.41) is 13.7. The van der Waals surface area contributed by atoms with Gasteiger partial charge in [-0.2, -0.15) is 10.2 Å². The molecule has 1 aromatic heterocycles. The van der Waals surface area contributed by atoms with Gasteiger partial charge in [-0.1, -0.05) is 46.3 Å². The number of nitrogens with zero attached hydrogens (tertiary/aromatic N) is 3. The van der Waals surface area contributed by atoms with Gasteiger partial charge in [0.05, 0.1) is 23.2 Å². The lowest BCUT2D eigenvalue weighted by atomic mass is 10.1. The third-order valence-electron chi connectivity index (χ3n) is 5.98. The zero-order valence-electron chi connectivity index (χ0n) is 21.8. The van der Waals surface area contributed by atoms with Crippen LogP contribution in [-0.4, -0.2) is 33.7 Å². The maximum atomic E-state index is 13.5. The number of para-hydroxylation sites is 2. The SMILES string of the molecule is O=C(NN=Cc1cn(-c2ccccc2)nc1-c1ccc(F)cc1)C(=O)Nc1ccccc1C(=O)Nc1ccc(Br)cc1. The fourth-order valence-corrected chi connectivity index (χ4v) is 4.20. The summed E-state index contributed by atoms with van der Waals surface area (Å²) in [6.45, 7) is 0. The van der Waals surface area contributed by atoms with Gasteiger partial charge in [-0.15, -0.1) is 0 Å². The van der Waals surface area contributed by atoms with Crippen LogP contribution in [0.5, 0.6) is 0 Å². The molecule has 1 heterocycles. The first kappa shape index (κ1) is 28.1. The van der Waals surface area contributed by atoms with Crippen LogP contribution >= 0.6 is 15.9 Å². The molecular weight excluding hydrogens is 603 g/mol. The predicted molar refractivity (Wildman–Crippen MR) is 162 cm³/mol. The van der Waals surface area contributed by atoms with Crippen molar-refractivity contribution >= 4 is 51.2 Å². The molecule has 0 fully saturated rings. The Morgan fingerprint density at radius 3 is 2.24 bits per heavy atom. The van der Waals surface area contributed by atoms with Crippen LogP contribution in [0, 0.1) is 5.82 Å². The molecule has 0 aliphatic rings. The van der Waals surface area contributed by atoms with E-state index in [9.17, 15) is 18.8 Å². The first-order valence-electron chi connectivity index (χ1n) is 12.6. The van der Waals surface area contributed by atoms with Gasteiger partial charge in [0.1, 0.15) is 11.5 Å². The fourth-order valence-electron chi connectivity index (χ4n) is 3.94. The second-order valence-corrected chi connectivity index (χ2v) is 9.80. The zero-order chi connectivity index (χ0) is 29.5. The van der Waals surface area contributed by atoms with Crippen molar-refractivity contribution in [2.75, 3.05) is 10.6 Å². The standard InChI is InChI=1S/C31H22BrFN6O3/c32-22-12-16-24(17-13-22)35-29(40)26-8-4-5-9-27(26)36-30(41)31(42)37-34-18-21-19-39(25-6-2-1-3-7-25)38-28(21)20-10-14-23(33)15-11-20/h1-19H,(H,35,40)(H,36,41)(H,37,42). The summed E-state index contributed by atoms with van der Waals surface area (Å²) in [4.78, 5) is 38.1. The van der Waals surface area contributed by atoms with E-state index in [4.69, 9.17) is 0 Å². The second kappa shape index (κ2) is 12.8. The van der Waals surface area contributed by atoms with E-state index in [0.717, 1.165) is 10.2 Å². The fraction of sp³-hybridized carbons (Fsp3) is 0. The third kappa shape index (κ3) is 6.83. The molecule has 0 saturated heterocycles. The average molecular weight is 625 g/mol. The van der Waals surface area contributed by atoms with Crippen molar-refractivity contribution < 1.29 is 18.8 Å². The molecular formula is C31H22BrFN6O3. The van der Waals surface area contributed by atoms with E-state index in [0.29, 0.717) is 22.5 Å². The van der Waals surface area contributed by atoms with Crippen LogP contribution in [0.15, 0.2) is 119 Å². The van der Waals surface area contributed by atoms with Gasteiger partial charge in [-0.05, 0) is 72.8 Å². The molecule has 0 bridgehead atoms. The van der Waals surface area contributed by atoms with Crippen molar-refractivity contribution in [1.29, 1.82) is 0 Å². The number of carbonyl (C=O) groups excluding carboxylic acids is 3. The maximum absolute atomic E-state index is 13.5. The van der Waals surface area contributed by atoms with Crippen LogP contribution in [0.4, 0.5) is 15.8 Å². The zero-order valence-corrected chi connectivity index (χ0v) is 23.4. The molecule has 5 rings (SSSR count). The molecule has 0 atom stereocenters. The van der Waals surface area contributed by atoms with Gasteiger partial charge < -0.3 is 10.6 Å². The van der Waals surface area contributed by atoms with Gasteiger partial charge in [0.25, 0.3) is 5.91 Å². The molecule has 0 spiro atoms. The van der Waals surface area contributed by atoms with E-state index in [2.05, 4.69) is 42.2 Å². The molecule has 3 N–H and O–H groups in total. The molecule has 5 aromatic rings. The molecule has 3 amide bonds. The average Bonchev–Trinajstić information content (AvgIpc) is 3.43. The van der Waals surface area contributed by atoms with Crippen LogP contribution in [0.3, 0.4) is 0 Å². The molecule has 0 aliphatic heterocycles.